The van der Waals surface area contributed by atoms with E-state index >= 15 is 0 Å². The maximum absolute atomic E-state index is 14.6. The molecule has 0 saturated carbocycles. The molecular formula is C27H31FN6O3. The molecule has 1 fully saturated rings. The van der Waals surface area contributed by atoms with Crippen molar-refractivity contribution in [3.05, 3.63) is 54.4 Å². The number of rotatable bonds is 3. The molecule has 4 heterocycles. The van der Waals surface area contributed by atoms with Crippen molar-refractivity contribution >= 4 is 28.3 Å². The fraction of sp³-hybridized carbons (Fsp3) is 0.407. The quantitative estimate of drug-likeness (QED) is 0.440. The summed E-state index contributed by atoms with van der Waals surface area (Å²) in [4.78, 5) is 30.0. The zero-order valence-electron chi connectivity index (χ0n) is 21.6. The van der Waals surface area contributed by atoms with Crippen LogP contribution in [-0.2, 0) is 11.3 Å². The van der Waals surface area contributed by atoms with Gasteiger partial charge in [-0.3, -0.25) is 4.90 Å². The Morgan fingerprint density at radius 2 is 1.86 bits per heavy atom. The number of nitrogens with zero attached hydrogens (tertiary/aromatic N) is 6. The molecule has 9 nitrogen and oxygen atoms in total. The van der Waals surface area contributed by atoms with Gasteiger partial charge in [0.15, 0.2) is 17.3 Å². The van der Waals surface area contributed by atoms with Gasteiger partial charge in [0.1, 0.15) is 5.60 Å². The number of carbonyl (C=O) groups is 1. The highest BCUT2D eigenvalue weighted by Crippen LogP contribution is 2.28. The SMILES string of the molecule is C[C@@H]1CN(c2ccc3nc(-c4cc(F)c5nc(CO)cn5c4)ncc3c2)C[C@H](C)N1C(=O)OC(C)(C)C. The molecule has 1 aromatic carbocycles. The molecule has 0 bridgehead atoms. The van der Waals surface area contributed by atoms with Crippen LogP contribution < -0.4 is 4.90 Å². The lowest BCUT2D eigenvalue weighted by atomic mass is 10.1. The van der Waals surface area contributed by atoms with Crippen LogP contribution in [0.25, 0.3) is 27.9 Å². The molecule has 1 amide bonds. The number of hydrogen-bond acceptors (Lipinski definition) is 7. The maximum Gasteiger partial charge on any atom is 0.410 e. The van der Waals surface area contributed by atoms with Crippen LogP contribution in [0.1, 0.15) is 40.3 Å². The second-order valence-electron chi connectivity index (χ2n) is 10.6. The minimum Gasteiger partial charge on any atom is -0.444 e. The van der Waals surface area contributed by atoms with Crippen LogP contribution in [0.2, 0.25) is 0 Å². The number of aliphatic hydroxyl groups is 1. The molecular weight excluding hydrogens is 475 g/mol. The van der Waals surface area contributed by atoms with Crippen molar-refractivity contribution in [3.63, 3.8) is 0 Å². The lowest BCUT2D eigenvalue weighted by molar-refractivity contribution is 0.00566. The fourth-order valence-electron chi connectivity index (χ4n) is 4.87. The molecule has 1 aliphatic heterocycles. The highest BCUT2D eigenvalue weighted by Gasteiger charge is 2.35. The zero-order valence-corrected chi connectivity index (χ0v) is 21.6. The minimum absolute atomic E-state index is 0.0211. The Balaban J connectivity index is 1.38. The van der Waals surface area contributed by atoms with Gasteiger partial charge in [0, 0.05) is 48.3 Å². The summed E-state index contributed by atoms with van der Waals surface area (Å²) in [6, 6.07) is 7.29. The van der Waals surface area contributed by atoms with Gasteiger partial charge in [-0.25, -0.2) is 24.1 Å². The summed E-state index contributed by atoms with van der Waals surface area (Å²) in [5.74, 6) is -0.112. The average Bonchev–Trinajstić information content (AvgIpc) is 3.26. The molecule has 1 N–H and O–H groups in total. The average molecular weight is 507 g/mol. The number of ether oxygens (including phenoxy) is 1. The first-order valence-electron chi connectivity index (χ1n) is 12.3. The lowest BCUT2D eigenvalue weighted by Gasteiger charge is -2.45. The zero-order chi connectivity index (χ0) is 26.5. The molecule has 2 atom stereocenters. The van der Waals surface area contributed by atoms with Gasteiger partial charge in [-0.05, 0) is 58.9 Å². The van der Waals surface area contributed by atoms with Crippen molar-refractivity contribution in [2.45, 2.75) is 58.9 Å². The summed E-state index contributed by atoms with van der Waals surface area (Å²) in [7, 11) is 0. The number of imidazole rings is 1. The fourth-order valence-corrected chi connectivity index (χ4v) is 4.87. The van der Waals surface area contributed by atoms with Crippen molar-refractivity contribution in [1.82, 2.24) is 24.3 Å². The Labute approximate surface area is 214 Å². The van der Waals surface area contributed by atoms with Crippen molar-refractivity contribution in [2.75, 3.05) is 18.0 Å². The highest BCUT2D eigenvalue weighted by atomic mass is 19.1. The third-order valence-corrected chi connectivity index (χ3v) is 6.43. The predicted molar refractivity (Wildman–Crippen MR) is 139 cm³/mol. The maximum atomic E-state index is 14.6. The molecule has 3 aromatic heterocycles. The van der Waals surface area contributed by atoms with Crippen LogP contribution in [0.4, 0.5) is 14.9 Å². The second-order valence-corrected chi connectivity index (χ2v) is 10.6. The Hall–Kier alpha value is -3.79. The third-order valence-electron chi connectivity index (χ3n) is 6.43. The molecule has 0 aliphatic carbocycles. The number of aromatic nitrogens is 4. The number of halogens is 1. The van der Waals surface area contributed by atoms with Gasteiger partial charge in [-0.2, -0.15) is 0 Å². The Kier molecular flexibility index (Phi) is 6.23. The normalized spacial score (nSPS) is 18.6. The number of piperazine rings is 1. The van der Waals surface area contributed by atoms with Crippen LogP contribution in [0.3, 0.4) is 0 Å². The van der Waals surface area contributed by atoms with Crippen LogP contribution >= 0.6 is 0 Å². The van der Waals surface area contributed by atoms with E-state index in [2.05, 4.69) is 19.9 Å². The van der Waals surface area contributed by atoms with Crippen molar-refractivity contribution in [2.24, 2.45) is 0 Å². The van der Waals surface area contributed by atoms with E-state index in [1.54, 1.807) is 18.6 Å². The van der Waals surface area contributed by atoms with Crippen LogP contribution in [0.5, 0.6) is 0 Å². The second kappa shape index (κ2) is 9.26. The number of pyridine rings is 1. The number of fused-ring (bicyclic) bond motifs is 2. The summed E-state index contributed by atoms with van der Waals surface area (Å²) in [6.45, 7) is 10.8. The topological polar surface area (TPSA) is 96.1 Å². The van der Waals surface area contributed by atoms with Crippen LogP contribution in [0.15, 0.2) is 42.9 Å². The molecule has 10 heteroatoms. The Morgan fingerprint density at radius 3 is 2.54 bits per heavy atom. The summed E-state index contributed by atoms with van der Waals surface area (Å²) in [5.41, 5.74) is 2.27. The number of carbonyl (C=O) groups excluding carboxylic acids is 1. The summed E-state index contributed by atoms with van der Waals surface area (Å²) < 4.78 is 21.8. The molecule has 4 aromatic rings. The molecule has 5 rings (SSSR count). The van der Waals surface area contributed by atoms with Gasteiger partial charge >= 0.3 is 6.09 Å². The highest BCUT2D eigenvalue weighted by molar-refractivity contribution is 5.83. The summed E-state index contributed by atoms with van der Waals surface area (Å²) in [5, 5.41) is 10.2. The van der Waals surface area contributed by atoms with Gasteiger partial charge in [0.25, 0.3) is 0 Å². The summed E-state index contributed by atoms with van der Waals surface area (Å²) in [6.07, 6.45) is 4.73. The first-order valence-corrected chi connectivity index (χ1v) is 12.3. The molecule has 0 unspecified atom stereocenters. The number of amides is 1. The first kappa shape index (κ1) is 24.9. The van der Waals surface area contributed by atoms with E-state index in [4.69, 9.17) is 4.74 Å². The largest absolute Gasteiger partial charge is 0.444 e. The van der Waals surface area contributed by atoms with Gasteiger partial charge in [-0.15, -0.1) is 0 Å². The van der Waals surface area contributed by atoms with Crippen molar-refractivity contribution in [3.8, 4) is 11.4 Å². The Bertz CT molecular complexity index is 1470. The standard InChI is InChI=1S/C27H31FN6O3/c1-16-11-32(12-17(2)34(16)26(36)37-27(3,4)5)21-6-7-23-18(8-21)10-29-24(31-23)19-9-22(28)25-30-20(15-35)14-33(25)13-19/h6-10,13-14,16-17,35H,11-12,15H2,1-5H3/t16-,17+. The van der Waals surface area contributed by atoms with Gasteiger partial charge in [-0.1, -0.05) is 0 Å². The van der Waals surface area contributed by atoms with Crippen LogP contribution in [0, 0.1) is 5.82 Å². The van der Waals surface area contributed by atoms with E-state index in [1.165, 1.54) is 10.5 Å². The van der Waals surface area contributed by atoms with Crippen LogP contribution in [-0.4, -0.2) is 66.2 Å². The molecule has 0 spiro atoms. The van der Waals surface area contributed by atoms with Crippen molar-refractivity contribution < 1.29 is 19.0 Å². The number of anilines is 1. The molecule has 1 saturated heterocycles. The summed E-state index contributed by atoms with van der Waals surface area (Å²) >= 11 is 0. The monoisotopic (exact) mass is 506 g/mol. The Morgan fingerprint density at radius 1 is 1.14 bits per heavy atom. The van der Waals surface area contributed by atoms with E-state index in [1.807, 2.05) is 57.7 Å². The molecule has 1 aliphatic rings. The van der Waals surface area contributed by atoms with E-state index in [0.717, 1.165) is 16.6 Å². The van der Waals surface area contributed by atoms with E-state index < -0.39 is 11.4 Å². The number of benzene rings is 1. The molecule has 37 heavy (non-hydrogen) atoms. The minimum atomic E-state index is -0.538. The van der Waals surface area contributed by atoms with Gasteiger partial charge in [0.05, 0.1) is 29.9 Å². The number of aliphatic hydroxyl groups excluding tert-OH is 1. The molecule has 0 radical (unpaired) electrons. The third kappa shape index (κ3) is 4.93. The lowest BCUT2D eigenvalue weighted by Crippen LogP contribution is -2.59. The number of hydrogen-bond donors (Lipinski definition) is 1. The van der Waals surface area contributed by atoms with Gasteiger partial charge in [0.2, 0.25) is 0 Å². The smallest absolute Gasteiger partial charge is 0.410 e. The van der Waals surface area contributed by atoms with Crippen molar-refractivity contribution in [1.29, 1.82) is 0 Å². The first-order chi connectivity index (χ1) is 17.5. The van der Waals surface area contributed by atoms with Gasteiger partial charge < -0.3 is 19.1 Å². The van der Waals surface area contributed by atoms with E-state index in [0.29, 0.717) is 30.2 Å². The van der Waals surface area contributed by atoms with E-state index in [9.17, 15) is 14.3 Å². The van der Waals surface area contributed by atoms with E-state index in [-0.39, 0.29) is 30.4 Å². The predicted octanol–water partition coefficient (Wildman–Crippen LogP) is 4.41. The molecule has 194 valence electrons.